The van der Waals surface area contributed by atoms with E-state index < -0.39 is 10.0 Å². The van der Waals surface area contributed by atoms with Crippen molar-refractivity contribution >= 4 is 21.6 Å². The maximum Gasteiger partial charge on any atom is 0.244 e. The smallest absolute Gasteiger partial charge is 0.244 e. The lowest BCUT2D eigenvalue weighted by Gasteiger charge is -2.31. The fraction of sp³-hybridized carbons (Fsp3) is 0.538. The van der Waals surface area contributed by atoms with Crippen LogP contribution >= 0.6 is 11.6 Å². The van der Waals surface area contributed by atoms with Gasteiger partial charge in [0, 0.05) is 19.7 Å². The minimum absolute atomic E-state index is 0.0211. The molecule has 19 heavy (non-hydrogen) atoms. The number of nitrogens with zero attached hydrogens (tertiary/aromatic N) is 1. The summed E-state index contributed by atoms with van der Waals surface area (Å²) in [4.78, 5) is 0.151. The van der Waals surface area contributed by atoms with Gasteiger partial charge < -0.3 is 5.11 Å². The highest BCUT2D eigenvalue weighted by Gasteiger charge is 2.31. The Kier molecular flexibility index (Phi) is 4.50. The molecule has 1 fully saturated rings. The van der Waals surface area contributed by atoms with Gasteiger partial charge in [0.05, 0.1) is 5.02 Å². The van der Waals surface area contributed by atoms with E-state index in [9.17, 15) is 13.5 Å². The van der Waals surface area contributed by atoms with Crippen molar-refractivity contribution in [2.45, 2.75) is 24.7 Å². The summed E-state index contributed by atoms with van der Waals surface area (Å²) in [5.41, 5.74) is 0.927. The normalized spacial score (nSPS) is 21.5. The fourth-order valence-corrected chi connectivity index (χ4v) is 4.48. The van der Waals surface area contributed by atoms with Crippen LogP contribution in [0.5, 0.6) is 0 Å². The van der Waals surface area contributed by atoms with E-state index >= 15 is 0 Å². The lowest BCUT2D eigenvalue weighted by Crippen LogP contribution is -2.40. The largest absolute Gasteiger partial charge is 0.396 e. The standard InChI is InChI=1S/C13H18ClNO3S/c1-10-4-5-13(12(14)7-10)19(17,18)15-6-2-3-11(8-15)9-16/h4-5,7,11,16H,2-3,6,8-9H2,1H3. The van der Waals surface area contributed by atoms with Gasteiger partial charge in [-0.1, -0.05) is 17.7 Å². The van der Waals surface area contributed by atoms with Crippen LogP contribution in [0.2, 0.25) is 5.02 Å². The van der Waals surface area contributed by atoms with Crippen LogP contribution in [0.3, 0.4) is 0 Å². The van der Waals surface area contributed by atoms with Crippen LogP contribution in [0.4, 0.5) is 0 Å². The monoisotopic (exact) mass is 303 g/mol. The maximum atomic E-state index is 12.5. The molecule has 6 heteroatoms. The number of sulfonamides is 1. The molecule has 0 spiro atoms. The van der Waals surface area contributed by atoms with Crippen molar-refractivity contribution in [3.8, 4) is 0 Å². The first-order valence-corrected chi connectivity index (χ1v) is 8.14. The molecular formula is C13H18ClNO3S. The second-order valence-corrected chi connectivity index (χ2v) is 7.30. The lowest BCUT2D eigenvalue weighted by atomic mass is 10.0. The Bertz CT molecular complexity index is 559. The molecule has 1 saturated heterocycles. The number of aryl methyl sites for hydroxylation is 1. The minimum atomic E-state index is -3.56. The molecule has 106 valence electrons. The highest BCUT2D eigenvalue weighted by molar-refractivity contribution is 7.89. The summed E-state index contributed by atoms with van der Waals surface area (Å²) in [5, 5.41) is 9.44. The zero-order valence-corrected chi connectivity index (χ0v) is 12.4. The number of aliphatic hydroxyl groups excluding tert-OH is 1. The zero-order chi connectivity index (χ0) is 14.0. The molecule has 1 atom stereocenters. The van der Waals surface area contributed by atoms with Crippen LogP contribution in [-0.4, -0.2) is 37.5 Å². The van der Waals surface area contributed by atoms with Gasteiger partial charge in [-0.25, -0.2) is 8.42 Å². The van der Waals surface area contributed by atoms with E-state index in [1.165, 1.54) is 4.31 Å². The molecule has 0 aromatic heterocycles. The molecule has 1 unspecified atom stereocenters. The Morgan fingerprint density at radius 1 is 1.47 bits per heavy atom. The molecule has 0 aliphatic carbocycles. The van der Waals surface area contributed by atoms with Crippen LogP contribution in [0.15, 0.2) is 23.1 Å². The zero-order valence-electron chi connectivity index (χ0n) is 10.8. The number of hydrogen-bond acceptors (Lipinski definition) is 3. The molecule has 1 aliphatic heterocycles. The molecule has 1 aliphatic rings. The quantitative estimate of drug-likeness (QED) is 0.929. The van der Waals surface area contributed by atoms with Crippen LogP contribution < -0.4 is 0 Å². The third-order valence-electron chi connectivity index (χ3n) is 3.45. The Morgan fingerprint density at radius 2 is 2.21 bits per heavy atom. The summed E-state index contributed by atoms with van der Waals surface area (Å²) >= 11 is 6.05. The molecule has 0 bridgehead atoms. The van der Waals surface area contributed by atoms with Gasteiger partial charge in [0.2, 0.25) is 10.0 Å². The first kappa shape index (κ1) is 14.8. The van der Waals surface area contributed by atoms with Gasteiger partial charge in [-0.05, 0) is 43.4 Å². The number of benzene rings is 1. The maximum absolute atomic E-state index is 12.5. The second-order valence-electron chi connectivity index (χ2n) is 4.99. The van der Waals surface area contributed by atoms with Crippen LogP contribution in [0, 0.1) is 12.8 Å². The highest BCUT2D eigenvalue weighted by Crippen LogP contribution is 2.28. The van der Waals surface area contributed by atoms with Crippen molar-refractivity contribution in [1.29, 1.82) is 0 Å². The number of aliphatic hydroxyl groups is 1. The van der Waals surface area contributed by atoms with Crippen molar-refractivity contribution in [2.75, 3.05) is 19.7 Å². The van der Waals surface area contributed by atoms with E-state index in [0.29, 0.717) is 13.1 Å². The van der Waals surface area contributed by atoms with E-state index in [-0.39, 0.29) is 22.4 Å². The molecule has 0 radical (unpaired) electrons. The SMILES string of the molecule is Cc1ccc(S(=O)(=O)N2CCCC(CO)C2)c(Cl)c1. The summed E-state index contributed by atoms with van der Waals surface area (Å²) in [7, 11) is -3.56. The van der Waals surface area contributed by atoms with E-state index in [0.717, 1.165) is 18.4 Å². The van der Waals surface area contributed by atoms with Crippen LogP contribution in [-0.2, 0) is 10.0 Å². The first-order valence-electron chi connectivity index (χ1n) is 6.32. The third kappa shape index (κ3) is 3.11. The van der Waals surface area contributed by atoms with E-state index in [1.807, 2.05) is 6.92 Å². The molecule has 1 aromatic rings. The van der Waals surface area contributed by atoms with E-state index in [4.69, 9.17) is 11.6 Å². The van der Waals surface area contributed by atoms with E-state index in [1.54, 1.807) is 18.2 Å². The molecule has 4 nitrogen and oxygen atoms in total. The summed E-state index contributed by atoms with van der Waals surface area (Å²) in [6, 6.07) is 4.95. The molecule has 1 N–H and O–H groups in total. The molecule has 1 aromatic carbocycles. The Labute approximate surface area is 119 Å². The highest BCUT2D eigenvalue weighted by atomic mass is 35.5. The average molecular weight is 304 g/mol. The van der Waals surface area contributed by atoms with Gasteiger partial charge >= 0.3 is 0 Å². The molecular weight excluding hydrogens is 286 g/mol. The average Bonchev–Trinajstić information content (AvgIpc) is 2.38. The Hall–Kier alpha value is -0.620. The van der Waals surface area contributed by atoms with Crippen molar-refractivity contribution < 1.29 is 13.5 Å². The summed E-state index contributed by atoms with van der Waals surface area (Å²) < 4.78 is 26.5. The number of rotatable bonds is 3. The molecule has 0 amide bonds. The van der Waals surface area contributed by atoms with Gasteiger partial charge in [-0.3, -0.25) is 0 Å². The summed E-state index contributed by atoms with van der Waals surface area (Å²) in [6.45, 7) is 2.74. The van der Waals surface area contributed by atoms with Gasteiger partial charge in [0.25, 0.3) is 0 Å². The predicted molar refractivity (Wildman–Crippen MR) is 74.8 cm³/mol. The molecule has 1 heterocycles. The van der Waals surface area contributed by atoms with Gasteiger partial charge in [-0.2, -0.15) is 4.31 Å². The lowest BCUT2D eigenvalue weighted by molar-refractivity contribution is 0.165. The van der Waals surface area contributed by atoms with Gasteiger partial charge in [-0.15, -0.1) is 0 Å². The van der Waals surface area contributed by atoms with Crippen LogP contribution in [0.1, 0.15) is 18.4 Å². The topological polar surface area (TPSA) is 57.6 Å². The molecule has 0 saturated carbocycles. The van der Waals surface area contributed by atoms with Gasteiger partial charge in [0.1, 0.15) is 4.90 Å². The summed E-state index contributed by atoms with van der Waals surface area (Å²) in [5.74, 6) is 0.0211. The van der Waals surface area contributed by atoms with Crippen molar-refractivity contribution in [3.63, 3.8) is 0 Å². The fourth-order valence-electron chi connectivity index (χ4n) is 2.35. The predicted octanol–water partition coefficient (Wildman–Crippen LogP) is 2.04. The van der Waals surface area contributed by atoms with Crippen molar-refractivity contribution in [1.82, 2.24) is 4.31 Å². The van der Waals surface area contributed by atoms with Gasteiger partial charge in [0.15, 0.2) is 0 Å². The third-order valence-corrected chi connectivity index (χ3v) is 5.79. The summed E-state index contributed by atoms with van der Waals surface area (Å²) in [6.07, 6.45) is 1.64. The Balaban J connectivity index is 2.31. The second kappa shape index (κ2) is 5.79. The first-order chi connectivity index (χ1) is 8.95. The number of hydrogen-bond donors (Lipinski definition) is 1. The molecule has 2 rings (SSSR count). The van der Waals surface area contributed by atoms with Crippen LogP contribution in [0.25, 0.3) is 0 Å². The number of halogens is 1. The van der Waals surface area contributed by atoms with Crippen molar-refractivity contribution in [2.24, 2.45) is 5.92 Å². The Morgan fingerprint density at radius 3 is 2.84 bits per heavy atom. The minimum Gasteiger partial charge on any atom is -0.396 e. The van der Waals surface area contributed by atoms with Crippen molar-refractivity contribution in [3.05, 3.63) is 28.8 Å². The number of piperidine rings is 1. The van der Waals surface area contributed by atoms with E-state index in [2.05, 4.69) is 0 Å².